The van der Waals surface area contributed by atoms with Gasteiger partial charge in [0, 0.05) is 6.42 Å². The van der Waals surface area contributed by atoms with E-state index in [0.29, 0.717) is 6.61 Å². The van der Waals surface area contributed by atoms with E-state index in [9.17, 15) is 13.2 Å². The largest absolute Gasteiger partial charge is 0.478 e. The molecule has 0 N–H and O–H groups in total. The predicted octanol–water partition coefficient (Wildman–Crippen LogP) is 3.74. The lowest BCUT2D eigenvalue weighted by Gasteiger charge is -2.14. The third kappa shape index (κ3) is 3.03. The molecular formula is C13H14F3NO. The van der Waals surface area contributed by atoms with E-state index in [4.69, 9.17) is 4.74 Å². The summed E-state index contributed by atoms with van der Waals surface area (Å²) < 4.78 is 42.5. The zero-order valence-corrected chi connectivity index (χ0v) is 9.95. The molecule has 0 saturated carbocycles. The number of hydrogen-bond donors (Lipinski definition) is 0. The van der Waals surface area contributed by atoms with Crippen molar-refractivity contribution >= 4 is 5.90 Å². The van der Waals surface area contributed by atoms with Crippen LogP contribution in [-0.2, 0) is 4.74 Å². The molecule has 0 amide bonds. The maximum atomic E-state index is 12.4. The molecule has 1 aromatic carbocycles. The Kier molecular flexibility index (Phi) is 3.59. The van der Waals surface area contributed by atoms with Crippen LogP contribution in [0.2, 0.25) is 0 Å². The van der Waals surface area contributed by atoms with Gasteiger partial charge in [-0.05, 0) is 5.56 Å². The van der Waals surface area contributed by atoms with Crippen molar-refractivity contribution < 1.29 is 17.9 Å². The van der Waals surface area contributed by atoms with Crippen molar-refractivity contribution in [3.8, 4) is 0 Å². The van der Waals surface area contributed by atoms with Gasteiger partial charge in [-0.1, -0.05) is 37.3 Å². The molecule has 0 bridgehead atoms. The first-order chi connectivity index (χ1) is 8.47. The number of nitrogens with zero attached hydrogens (tertiary/aromatic N) is 1. The van der Waals surface area contributed by atoms with E-state index in [2.05, 4.69) is 4.99 Å². The summed E-state index contributed by atoms with van der Waals surface area (Å²) >= 11 is 0. The third-order valence-electron chi connectivity index (χ3n) is 2.93. The highest BCUT2D eigenvalue weighted by Gasteiger charge is 2.38. The molecule has 0 saturated heterocycles. The molecule has 0 aliphatic carbocycles. The molecule has 2 rings (SSSR count). The molecule has 5 heteroatoms. The molecule has 1 aliphatic rings. The monoisotopic (exact) mass is 257 g/mol. The summed E-state index contributed by atoms with van der Waals surface area (Å²) in [4.78, 5) is 4.21. The molecule has 18 heavy (non-hydrogen) atoms. The summed E-state index contributed by atoms with van der Waals surface area (Å²) in [5.41, 5.74) is 0.965. The van der Waals surface area contributed by atoms with Crippen molar-refractivity contribution in [3.63, 3.8) is 0 Å². The summed E-state index contributed by atoms with van der Waals surface area (Å²) in [6.07, 6.45) is -4.39. The van der Waals surface area contributed by atoms with E-state index in [1.165, 1.54) is 0 Å². The average molecular weight is 257 g/mol. The normalized spacial score (nSPS) is 21.3. The fraction of sp³-hybridized carbons (Fsp3) is 0.462. The van der Waals surface area contributed by atoms with Crippen LogP contribution < -0.4 is 0 Å². The number of aliphatic imine (C=N–C) groups is 1. The summed E-state index contributed by atoms with van der Waals surface area (Å²) in [6, 6.07) is 9.25. The fourth-order valence-electron chi connectivity index (χ4n) is 1.76. The van der Waals surface area contributed by atoms with Gasteiger partial charge in [-0.25, -0.2) is 4.99 Å². The van der Waals surface area contributed by atoms with Gasteiger partial charge in [0.1, 0.15) is 12.6 Å². The molecule has 1 aromatic rings. The molecule has 0 radical (unpaired) electrons. The van der Waals surface area contributed by atoms with Crippen molar-refractivity contribution in [2.45, 2.75) is 25.6 Å². The highest BCUT2D eigenvalue weighted by atomic mass is 19.4. The maximum absolute atomic E-state index is 12.4. The smallest absolute Gasteiger partial charge is 0.392 e. The second-order valence-corrected chi connectivity index (χ2v) is 4.41. The summed E-state index contributed by atoms with van der Waals surface area (Å²) in [6.45, 7) is 1.46. The highest BCUT2D eigenvalue weighted by Crippen LogP contribution is 2.31. The molecule has 1 aliphatic heterocycles. The SMILES string of the molecule is C[C@@H](CC1=N[C@H](c2ccccc2)CO1)C(F)(F)F. The van der Waals surface area contributed by atoms with E-state index >= 15 is 0 Å². The molecule has 1 heterocycles. The molecule has 0 spiro atoms. The van der Waals surface area contributed by atoms with Gasteiger partial charge in [-0.2, -0.15) is 13.2 Å². The standard InChI is InChI=1S/C13H14F3NO/c1-9(13(14,15)16)7-12-17-11(8-18-12)10-5-3-2-4-6-10/h2-6,9,11H,7-8H2,1H3/t9-,11-/m0/s1. The van der Waals surface area contributed by atoms with E-state index in [-0.39, 0.29) is 18.4 Å². The van der Waals surface area contributed by atoms with Crippen LogP contribution in [0.15, 0.2) is 35.3 Å². The minimum absolute atomic E-state index is 0.179. The lowest BCUT2D eigenvalue weighted by molar-refractivity contribution is -0.168. The van der Waals surface area contributed by atoms with Crippen LogP contribution in [0.25, 0.3) is 0 Å². The van der Waals surface area contributed by atoms with Gasteiger partial charge in [-0.15, -0.1) is 0 Å². The Morgan fingerprint density at radius 3 is 2.61 bits per heavy atom. The van der Waals surface area contributed by atoms with Crippen molar-refractivity contribution in [2.24, 2.45) is 10.9 Å². The maximum Gasteiger partial charge on any atom is 0.392 e. The van der Waals surface area contributed by atoms with Gasteiger partial charge >= 0.3 is 6.18 Å². The number of benzene rings is 1. The first-order valence-electron chi connectivity index (χ1n) is 5.78. The zero-order chi connectivity index (χ0) is 13.2. The van der Waals surface area contributed by atoms with E-state index < -0.39 is 12.1 Å². The molecule has 0 fully saturated rings. The van der Waals surface area contributed by atoms with Gasteiger partial charge < -0.3 is 4.74 Å². The van der Waals surface area contributed by atoms with Gasteiger partial charge in [0.2, 0.25) is 0 Å². The quantitative estimate of drug-likeness (QED) is 0.808. The van der Waals surface area contributed by atoms with Crippen LogP contribution in [0.3, 0.4) is 0 Å². The van der Waals surface area contributed by atoms with Crippen molar-refractivity contribution in [1.29, 1.82) is 0 Å². The van der Waals surface area contributed by atoms with Crippen LogP contribution >= 0.6 is 0 Å². The molecule has 2 atom stereocenters. The minimum atomic E-state index is -4.20. The summed E-state index contributed by atoms with van der Waals surface area (Å²) in [5, 5.41) is 0. The van der Waals surface area contributed by atoms with Gasteiger partial charge in [0.05, 0.1) is 5.92 Å². The Balaban J connectivity index is 2.01. The summed E-state index contributed by atoms with van der Waals surface area (Å²) in [5.74, 6) is -1.22. The number of rotatable bonds is 3. The first kappa shape index (κ1) is 12.9. The molecule has 0 aromatic heterocycles. The Bertz CT molecular complexity index is 428. The predicted molar refractivity (Wildman–Crippen MR) is 62.4 cm³/mol. The topological polar surface area (TPSA) is 21.6 Å². The van der Waals surface area contributed by atoms with E-state index in [1.54, 1.807) is 0 Å². The zero-order valence-electron chi connectivity index (χ0n) is 9.95. The summed E-state index contributed by atoms with van der Waals surface area (Å²) in [7, 11) is 0. The van der Waals surface area contributed by atoms with Crippen molar-refractivity contribution in [2.75, 3.05) is 6.61 Å². The molecule has 98 valence electrons. The highest BCUT2D eigenvalue weighted by molar-refractivity contribution is 5.78. The van der Waals surface area contributed by atoms with Crippen molar-refractivity contribution in [1.82, 2.24) is 0 Å². The third-order valence-corrected chi connectivity index (χ3v) is 2.93. The second-order valence-electron chi connectivity index (χ2n) is 4.41. The first-order valence-corrected chi connectivity index (χ1v) is 5.78. The molecule has 0 unspecified atom stereocenters. The Labute approximate surface area is 103 Å². The van der Waals surface area contributed by atoms with Crippen LogP contribution in [0.5, 0.6) is 0 Å². The number of halogens is 3. The van der Waals surface area contributed by atoms with E-state index in [0.717, 1.165) is 12.5 Å². The lowest BCUT2D eigenvalue weighted by Crippen LogP contribution is -2.22. The van der Waals surface area contributed by atoms with Crippen LogP contribution in [0.1, 0.15) is 24.9 Å². The number of ether oxygens (including phenoxy) is 1. The van der Waals surface area contributed by atoms with Gasteiger partial charge in [0.15, 0.2) is 5.90 Å². The van der Waals surface area contributed by atoms with Gasteiger partial charge in [0.25, 0.3) is 0 Å². The van der Waals surface area contributed by atoms with Crippen LogP contribution in [-0.4, -0.2) is 18.7 Å². The van der Waals surface area contributed by atoms with Crippen LogP contribution in [0.4, 0.5) is 13.2 Å². The van der Waals surface area contributed by atoms with Gasteiger partial charge in [-0.3, -0.25) is 0 Å². The Hall–Kier alpha value is -1.52. The van der Waals surface area contributed by atoms with Crippen LogP contribution in [0, 0.1) is 5.92 Å². The Morgan fingerprint density at radius 1 is 1.33 bits per heavy atom. The minimum Gasteiger partial charge on any atom is -0.478 e. The molecular weight excluding hydrogens is 243 g/mol. The second kappa shape index (κ2) is 5.00. The Morgan fingerprint density at radius 2 is 2.00 bits per heavy atom. The average Bonchev–Trinajstić information content (AvgIpc) is 2.77. The van der Waals surface area contributed by atoms with E-state index in [1.807, 2.05) is 30.3 Å². The lowest BCUT2D eigenvalue weighted by atomic mass is 10.1. The van der Waals surface area contributed by atoms with Crippen molar-refractivity contribution in [3.05, 3.63) is 35.9 Å². The molecule has 2 nitrogen and oxygen atoms in total. The number of alkyl halides is 3. The fourth-order valence-corrected chi connectivity index (χ4v) is 1.76. The number of hydrogen-bond acceptors (Lipinski definition) is 2.